The van der Waals surface area contributed by atoms with Gasteiger partial charge in [0.25, 0.3) is 0 Å². The number of rotatable bonds is 13. The van der Waals surface area contributed by atoms with Gasteiger partial charge >= 0.3 is 0 Å². The van der Waals surface area contributed by atoms with Crippen LogP contribution in [0.3, 0.4) is 0 Å². The molecule has 15 heteroatoms. The largest absolute Gasteiger partial charge is 0.497 e. The molecule has 0 aliphatic carbocycles. The molecule has 2 aromatic carbocycles. The van der Waals surface area contributed by atoms with Crippen molar-refractivity contribution in [3.05, 3.63) is 41.6 Å². The second kappa shape index (κ2) is 13.3. The molecule has 0 spiro atoms. The van der Waals surface area contributed by atoms with E-state index in [1.165, 1.54) is 41.6 Å². The van der Waals surface area contributed by atoms with Crippen molar-refractivity contribution in [1.29, 1.82) is 0 Å². The molecule has 3 aromatic rings. The van der Waals surface area contributed by atoms with E-state index in [-0.39, 0.29) is 41.5 Å². The number of nitrogens with one attached hydrogen (secondary N) is 3. The number of halogens is 1. The van der Waals surface area contributed by atoms with Crippen molar-refractivity contribution in [2.75, 3.05) is 62.7 Å². The predicted octanol–water partition coefficient (Wildman–Crippen LogP) is 3.55. The molecule has 216 valence electrons. The predicted molar refractivity (Wildman–Crippen MR) is 154 cm³/mol. The molecule has 0 aliphatic heterocycles. The van der Waals surface area contributed by atoms with Crippen LogP contribution in [0.5, 0.6) is 23.0 Å². The lowest BCUT2D eigenvalue weighted by Crippen LogP contribution is -2.37. The number of hydrogen-bond donors (Lipinski definition) is 3. The Morgan fingerprint density at radius 1 is 1.00 bits per heavy atom. The average molecular weight is 595 g/mol. The number of sulfonamides is 1. The van der Waals surface area contributed by atoms with Crippen molar-refractivity contribution in [2.45, 2.75) is 6.92 Å². The van der Waals surface area contributed by atoms with E-state index in [1.807, 2.05) is 0 Å². The second-order valence-electron chi connectivity index (χ2n) is 8.26. The number of anilines is 5. The highest BCUT2D eigenvalue weighted by atomic mass is 35.5. The second-order valence-corrected chi connectivity index (χ2v) is 10.6. The van der Waals surface area contributed by atoms with E-state index in [9.17, 15) is 13.2 Å². The van der Waals surface area contributed by atoms with Crippen molar-refractivity contribution in [3.8, 4) is 23.0 Å². The van der Waals surface area contributed by atoms with Gasteiger partial charge in [-0.25, -0.2) is 13.4 Å². The number of nitrogens with zero attached hydrogens (tertiary/aromatic N) is 3. The van der Waals surface area contributed by atoms with Crippen LogP contribution in [-0.4, -0.2) is 72.1 Å². The number of ether oxygens (including phenoxy) is 4. The maximum Gasteiger partial charge on any atom is 0.232 e. The topological polar surface area (TPSA) is 153 Å². The maximum absolute atomic E-state index is 12.7. The van der Waals surface area contributed by atoms with E-state index in [0.29, 0.717) is 34.4 Å². The third kappa shape index (κ3) is 7.48. The molecule has 1 aromatic heterocycles. The highest BCUT2D eigenvalue weighted by Gasteiger charge is 2.22. The van der Waals surface area contributed by atoms with Crippen LogP contribution in [0.4, 0.5) is 28.8 Å². The highest BCUT2D eigenvalue weighted by molar-refractivity contribution is 7.92. The third-order valence-corrected chi connectivity index (χ3v) is 6.94. The summed E-state index contributed by atoms with van der Waals surface area (Å²) in [6.07, 6.45) is 2.46. The monoisotopic (exact) mass is 594 g/mol. The number of amides is 1. The molecule has 3 rings (SSSR count). The van der Waals surface area contributed by atoms with Gasteiger partial charge in [-0.3, -0.25) is 9.10 Å². The molecule has 13 nitrogen and oxygen atoms in total. The van der Waals surface area contributed by atoms with Gasteiger partial charge in [0.1, 0.15) is 10.8 Å². The quantitative estimate of drug-likeness (QED) is 0.266. The van der Waals surface area contributed by atoms with Crippen LogP contribution < -0.4 is 39.2 Å². The first kappa shape index (κ1) is 30.4. The zero-order valence-electron chi connectivity index (χ0n) is 22.9. The van der Waals surface area contributed by atoms with Crippen LogP contribution in [0.2, 0.25) is 5.02 Å². The Hall–Kier alpha value is -4.17. The van der Waals surface area contributed by atoms with Gasteiger partial charge in [-0.05, 0) is 12.1 Å². The molecular formula is C25H31ClN6O7S. The van der Waals surface area contributed by atoms with Gasteiger partial charge in [0, 0.05) is 37.4 Å². The first-order valence-electron chi connectivity index (χ1n) is 11.8. The Morgan fingerprint density at radius 3 is 2.23 bits per heavy atom. The summed E-state index contributed by atoms with van der Waals surface area (Å²) in [5, 5.41) is 8.95. The fourth-order valence-electron chi connectivity index (χ4n) is 3.67. The summed E-state index contributed by atoms with van der Waals surface area (Å²) in [4.78, 5) is 20.1. The van der Waals surface area contributed by atoms with Gasteiger partial charge < -0.3 is 34.9 Å². The Labute approximate surface area is 237 Å². The molecule has 0 unspecified atom stereocenters. The summed E-state index contributed by atoms with van der Waals surface area (Å²) in [6, 6.07) is 8.22. The number of hydrogen-bond acceptors (Lipinski definition) is 11. The zero-order chi connectivity index (χ0) is 29.4. The van der Waals surface area contributed by atoms with Crippen LogP contribution in [0, 0.1) is 0 Å². The minimum atomic E-state index is -3.76. The lowest BCUT2D eigenvalue weighted by Gasteiger charge is -2.26. The van der Waals surface area contributed by atoms with Crippen LogP contribution in [0.25, 0.3) is 0 Å². The minimum absolute atomic E-state index is 0.0221. The van der Waals surface area contributed by atoms with Crippen molar-refractivity contribution >= 4 is 56.4 Å². The van der Waals surface area contributed by atoms with Crippen molar-refractivity contribution in [3.63, 3.8) is 0 Å². The molecule has 0 aliphatic rings. The summed E-state index contributed by atoms with van der Waals surface area (Å²) in [5.41, 5.74) is 1.18. The van der Waals surface area contributed by atoms with Crippen molar-refractivity contribution in [2.24, 2.45) is 0 Å². The Morgan fingerprint density at radius 2 is 1.68 bits per heavy atom. The molecular weight excluding hydrogens is 564 g/mol. The molecule has 0 radical (unpaired) electrons. The number of carbonyl (C=O) groups excluding carboxylic acids is 1. The fourth-order valence-corrected chi connectivity index (χ4v) is 4.74. The summed E-state index contributed by atoms with van der Waals surface area (Å²) in [7, 11) is 2.22. The van der Waals surface area contributed by atoms with Gasteiger partial charge in [0.15, 0.2) is 17.3 Å². The molecule has 0 fully saturated rings. The van der Waals surface area contributed by atoms with Gasteiger partial charge in [-0.15, -0.1) is 0 Å². The first-order valence-corrected chi connectivity index (χ1v) is 14.0. The van der Waals surface area contributed by atoms with Gasteiger partial charge in [0.2, 0.25) is 27.6 Å². The molecule has 1 amide bonds. The number of benzene rings is 2. The summed E-state index contributed by atoms with van der Waals surface area (Å²) in [5.74, 6) is 1.81. The van der Waals surface area contributed by atoms with E-state index in [2.05, 4.69) is 25.9 Å². The molecule has 0 saturated carbocycles. The van der Waals surface area contributed by atoms with E-state index in [1.54, 1.807) is 30.3 Å². The third-order valence-electron chi connectivity index (χ3n) is 5.48. The first-order chi connectivity index (χ1) is 19.0. The van der Waals surface area contributed by atoms with Crippen molar-refractivity contribution in [1.82, 2.24) is 15.3 Å². The summed E-state index contributed by atoms with van der Waals surface area (Å²) >= 11 is 6.41. The molecule has 0 saturated heterocycles. The van der Waals surface area contributed by atoms with E-state index in [0.717, 1.165) is 10.6 Å². The molecule has 1 heterocycles. The lowest BCUT2D eigenvalue weighted by atomic mass is 10.2. The molecule has 0 bridgehead atoms. The van der Waals surface area contributed by atoms with Gasteiger partial charge in [-0.2, -0.15) is 4.98 Å². The number of methoxy groups -OCH3 is 4. The molecule has 0 atom stereocenters. The average Bonchev–Trinajstić information content (AvgIpc) is 2.91. The van der Waals surface area contributed by atoms with E-state index >= 15 is 0 Å². The summed E-state index contributed by atoms with van der Waals surface area (Å²) in [6.45, 7) is 1.42. The van der Waals surface area contributed by atoms with E-state index in [4.69, 9.17) is 30.5 Å². The Balaban J connectivity index is 1.99. The fraction of sp³-hybridized carbons (Fsp3) is 0.320. The normalized spacial score (nSPS) is 10.9. The van der Waals surface area contributed by atoms with Crippen LogP contribution >= 0.6 is 11.6 Å². The SMILES string of the molecule is COc1ccc(Nc2nc(Nc3cc(OC)c(OC)c(OC)c3)ncc2Cl)c(N(CCNC(C)=O)S(C)(=O)=O)c1. The van der Waals surface area contributed by atoms with E-state index < -0.39 is 10.0 Å². The standard InChI is InChI=1S/C25H31ClN6O7S/c1-15(33)27-9-10-32(40(6,34)35)20-13-17(36-2)7-8-19(20)30-24-18(26)14-28-25(31-24)29-16-11-21(37-3)23(39-5)22(12-16)38-4/h7-8,11-14H,9-10H2,1-6H3,(H,27,33)(H2,28,29,30,31). The smallest absolute Gasteiger partial charge is 0.232 e. The lowest BCUT2D eigenvalue weighted by molar-refractivity contribution is -0.118. The number of aromatic nitrogens is 2. The van der Waals surface area contributed by atoms with Crippen LogP contribution in [-0.2, 0) is 14.8 Å². The maximum atomic E-state index is 12.7. The number of carbonyl (C=O) groups is 1. The van der Waals surface area contributed by atoms with Crippen molar-refractivity contribution < 1.29 is 32.2 Å². The Kier molecular flexibility index (Phi) is 10.1. The van der Waals surface area contributed by atoms with Crippen LogP contribution in [0.1, 0.15) is 6.92 Å². The minimum Gasteiger partial charge on any atom is -0.497 e. The van der Waals surface area contributed by atoms with Gasteiger partial charge in [0.05, 0.1) is 58.8 Å². The highest BCUT2D eigenvalue weighted by Crippen LogP contribution is 2.41. The molecule has 3 N–H and O–H groups in total. The van der Waals surface area contributed by atoms with Crippen LogP contribution in [0.15, 0.2) is 36.5 Å². The van der Waals surface area contributed by atoms with Gasteiger partial charge in [-0.1, -0.05) is 11.6 Å². The summed E-state index contributed by atoms with van der Waals surface area (Å²) < 4.78 is 48.1. The molecule has 40 heavy (non-hydrogen) atoms. The Bertz CT molecular complexity index is 1450. The zero-order valence-corrected chi connectivity index (χ0v) is 24.4.